The molecule has 164 valence electrons. The number of carboxylic acid groups (broad SMARTS) is 1. The number of aryl methyl sites for hydroxylation is 3. The third-order valence-electron chi connectivity index (χ3n) is 7.10. The highest BCUT2D eigenvalue weighted by molar-refractivity contribution is 5.67. The number of carboxylic acids is 1. The zero-order valence-corrected chi connectivity index (χ0v) is 19.2. The predicted octanol–water partition coefficient (Wildman–Crippen LogP) is 5.69. The van der Waals surface area contributed by atoms with E-state index in [4.69, 9.17) is 5.11 Å². The molecule has 31 heavy (non-hydrogen) atoms. The second-order valence-electron chi connectivity index (χ2n) is 8.99. The molecule has 0 heterocycles. The van der Waals surface area contributed by atoms with Crippen LogP contribution in [0.25, 0.3) is 0 Å². The molecule has 1 fully saturated rings. The fourth-order valence-electron chi connectivity index (χ4n) is 4.67. The maximum absolute atomic E-state index is 10.9. The van der Waals surface area contributed by atoms with Crippen LogP contribution in [0.15, 0.2) is 36.4 Å². The SMILES string of the molecule is CCC(CC)(c1ccc(C#CC2(O)CCC2)c(C)c1)c1ccc(CCC(=O)O)c(C)c1. The highest BCUT2D eigenvalue weighted by Crippen LogP contribution is 2.40. The molecule has 3 rings (SSSR count). The van der Waals surface area contributed by atoms with Gasteiger partial charge in [-0.05, 0) is 86.3 Å². The van der Waals surface area contributed by atoms with Crippen molar-refractivity contribution in [2.24, 2.45) is 0 Å². The molecule has 0 unspecified atom stereocenters. The quantitative estimate of drug-likeness (QED) is 0.568. The molecule has 1 aliphatic rings. The second kappa shape index (κ2) is 9.28. The summed E-state index contributed by atoms with van der Waals surface area (Å²) in [7, 11) is 0. The Balaban J connectivity index is 1.94. The van der Waals surface area contributed by atoms with Crippen molar-refractivity contribution in [2.75, 3.05) is 0 Å². The number of rotatable bonds is 7. The first-order valence-electron chi connectivity index (χ1n) is 11.4. The van der Waals surface area contributed by atoms with E-state index in [0.29, 0.717) is 6.42 Å². The van der Waals surface area contributed by atoms with Gasteiger partial charge < -0.3 is 10.2 Å². The normalized spacial score (nSPS) is 15.0. The molecule has 0 spiro atoms. The van der Waals surface area contributed by atoms with E-state index in [1.807, 2.05) is 0 Å². The molecular formula is C28H34O3. The standard InChI is InChI=1S/C28H34O3/c1-5-28(6-2,24-11-8-22(20(3)18-24)10-13-26(29)30)25-12-9-23(21(4)19-25)14-17-27(31)15-7-16-27/h8-9,11-12,18-19,31H,5-7,10,13,15-16H2,1-4H3,(H,29,30). The van der Waals surface area contributed by atoms with Crippen LogP contribution in [0.3, 0.4) is 0 Å². The van der Waals surface area contributed by atoms with Gasteiger partial charge in [0.05, 0.1) is 0 Å². The largest absolute Gasteiger partial charge is 0.481 e. The van der Waals surface area contributed by atoms with Crippen LogP contribution in [-0.2, 0) is 16.6 Å². The molecule has 0 aliphatic heterocycles. The molecule has 3 nitrogen and oxygen atoms in total. The van der Waals surface area contributed by atoms with Crippen LogP contribution in [0.2, 0.25) is 0 Å². The van der Waals surface area contributed by atoms with Crippen LogP contribution in [0, 0.1) is 25.7 Å². The second-order valence-corrected chi connectivity index (χ2v) is 8.99. The molecule has 1 saturated carbocycles. The fourth-order valence-corrected chi connectivity index (χ4v) is 4.67. The Labute approximate surface area is 186 Å². The van der Waals surface area contributed by atoms with Crippen molar-refractivity contribution in [3.63, 3.8) is 0 Å². The predicted molar refractivity (Wildman–Crippen MR) is 125 cm³/mol. The van der Waals surface area contributed by atoms with Gasteiger partial charge in [0.25, 0.3) is 0 Å². The Kier molecular flexibility index (Phi) is 6.92. The van der Waals surface area contributed by atoms with E-state index in [1.165, 1.54) is 11.1 Å². The lowest BCUT2D eigenvalue weighted by molar-refractivity contribution is -0.136. The van der Waals surface area contributed by atoms with Gasteiger partial charge in [0.1, 0.15) is 5.60 Å². The van der Waals surface area contributed by atoms with E-state index in [9.17, 15) is 9.90 Å². The number of benzene rings is 2. The van der Waals surface area contributed by atoms with E-state index >= 15 is 0 Å². The Hall–Kier alpha value is -2.57. The molecule has 2 aromatic rings. The summed E-state index contributed by atoms with van der Waals surface area (Å²) in [6.07, 6.45) is 5.26. The first-order chi connectivity index (χ1) is 14.7. The Morgan fingerprint density at radius 2 is 1.65 bits per heavy atom. The maximum atomic E-state index is 10.9. The summed E-state index contributed by atoms with van der Waals surface area (Å²) >= 11 is 0. The summed E-state index contributed by atoms with van der Waals surface area (Å²) in [5.74, 6) is 5.51. The third kappa shape index (κ3) is 4.86. The zero-order valence-electron chi connectivity index (χ0n) is 19.2. The molecule has 0 amide bonds. The minimum absolute atomic E-state index is 0.0982. The summed E-state index contributed by atoms with van der Waals surface area (Å²) in [4.78, 5) is 10.9. The van der Waals surface area contributed by atoms with Crippen molar-refractivity contribution in [1.29, 1.82) is 0 Å². The lowest BCUT2D eigenvalue weighted by Crippen LogP contribution is -2.34. The molecule has 0 saturated heterocycles. The van der Waals surface area contributed by atoms with Gasteiger partial charge in [-0.15, -0.1) is 0 Å². The average molecular weight is 419 g/mol. The molecular weight excluding hydrogens is 384 g/mol. The minimum Gasteiger partial charge on any atom is -0.481 e. The van der Waals surface area contributed by atoms with Crippen molar-refractivity contribution >= 4 is 5.97 Å². The van der Waals surface area contributed by atoms with Crippen LogP contribution in [0.5, 0.6) is 0 Å². The van der Waals surface area contributed by atoms with Crippen LogP contribution in [0.4, 0.5) is 0 Å². The van der Waals surface area contributed by atoms with Gasteiger partial charge in [-0.1, -0.05) is 56.0 Å². The van der Waals surface area contributed by atoms with Crippen LogP contribution in [0.1, 0.15) is 85.8 Å². The Bertz CT molecular complexity index is 1010. The summed E-state index contributed by atoms with van der Waals surface area (Å²) in [5.41, 5.74) is 6.03. The van der Waals surface area contributed by atoms with Crippen molar-refractivity contribution in [2.45, 2.75) is 83.7 Å². The molecule has 3 heteroatoms. The molecule has 0 bridgehead atoms. The van der Waals surface area contributed by atoms with Gasteiger partial charge in [-0.2, -0.15) is 0 Å². The molecule has 2 N–H and O–H groups in total. The van der Waals surface area contributed by atoms with Gasteiger partial charge in [0.15, 0.2) is 0 Å². The highest BCUT2D eigenvalue weighted by Gasteiger charge is 2.33. The highest BCUT2D eigenvalue weighted by atomic mass is 16.4. The lowest BCUT2D eigenvalue weighted by Gasteiger charge is -2.34. The van der Waals surface area contributed by atoms with Crippen molar-refractivity contribution < 1.29 is 15.0 Å². The van der Waals surface area contributed by atoms with Crippen LogP contribution in [-0.4, -0.2) is 21.8 Å². The topological polar surface area (TPSA) is 57.5 Å². The van der Waals surface area contributed by atoms with Gasteiger partial charge in [0.2, 0.25) is 0 Å². The monoisotopic (exact) mass is 418 g/mol. The molecule has 0 radical (unpaired) electrons. The summed E-state index contributed by atoms with van der Waals surface area (Å²) in [6, 6.07) is 13.0. The third-order valence-corrected chi connectivity index (χ3v) is 7.10. The Morgan fingerprint density at radius 1 is 1.03 bits per heavy atom. The van der Waals surface area contributed by atoms with Crippen LogP contribution >= 0.6 is 0 Å². The van der Waals surface area contributed by atoms with Gasteiger partial charge in [-0.25, -0.2) is 0 Å². The van der Waals surface area contributed by atoms with Gasteiger partial charge in [0, 0.05) is 17.4 Å². The van der Waals surface area contributed by atoms with E-state index < -0.39 is 11.6 Å². The summed E-state index contributed by atoms with van der Waals surface area (Å²) in [5, 5.41) is 19.3. The maximum Gasteiger partial charge on any atom is 0.303 e. The minimum atomic E-state index is -0.790. The molecule has 2 aromatic carbocycles. The molecule has 0 aromatic heterocycles. The number of carbonyl (C=O) groups is 1. The van der Waals surface area contributed by atoms with Crippen molar-refractivity contribution in [3.05, 3.63) is 69.8 Å². The number of aliphatic hydroxyl groups is 1. The van der Waals surface area contributed by atoms with E-state index in [1.54, 1.807) is 0 Å². The number of hydrogen-bond acceptors (Lipinski definition) is 2. The van der Waals surface area contributed by atoms with Crippen LogP contribution < -0.4 is 0 Å². The van der Waals surface area contributed by atoms with Crippen molar-refractivity contribution in [1.82, 2.24) is 0 Å². The zero-order chi connectivity index (χ0) is 22.6. The Morgan fingerprint density at radius 3 is 2.13 bits per heavy atom. The summed E-state index contributed by atoms with van der Waals surface area (Å²) < 4.78 is 0. The number of hydrogen-bond donors (Lipinski definition) is 2. The van der Waals surface area contributed by atoms with E-state index in [2.05, 4.69) is 75.9 Å². The molecule has 0 atom stereocenters. The fraction of sp³-hybridized carbons (Fsp3) is 0.464. The smallest absolute Gasteiger partial charge is 0.303 e. The first-order valence-corrected chi connectivity index (χ1v) is 11.4. The van der Waals surface area contributed by atoms with E-state index in [0.717, 1.165) is 54.4 Å². The van der Waals surface area contributed by atoms with Gasteiger partial charge in [-0.3, -0.25) is 4.79 Å². The first kappa shape index (κ1) is 23.1. The van der Waals surface area contributed by atoms with Crippen molar-refractivity contribution in [3.8, 4) is 11.8 Å². The van der Waals surface area contributed by atoms with Gasteiger partial charge >= 0.3 is 5.97 Å². The lowest BCUT2D eigenvalue weighted by atomic mass is 9.69. The number of aliphatic carboxylic acids is 1. The molecule has 1 aliphatic carbocycles. The average Bonchev–Trinajstić information content (AvgIpc) is 2.72. The van der Waals surface area contributed by atoms with E-state index in [-0.39, 0.29) is 11.8 Å². The summed E-state index contributed by atoms with van der Waals surface area (Å²) in [6.45, 7) is 8.62.